The van der Waals surface area contributed by atoms with Gasteiger partial charge in [0.15, 0.2) is 0 Å². The zero-order chi connectivity index (χ0) is 13.1. The van der Waals surface area contributed by atoms with Gasteiger partial charge in [-0.3, -0.25) is 4.79 Å². The summed E-state index contributed by atoms with van der Waals surface area (Å²) in [4.78, 5) is 15.8. The minimum Gasteiger partial charge on any atom is -0.409 e. The van der Waals surface area contributed by atoms with Gasteiger partial charge in [0, 0.05) is 5.56 Å². The first-order chi connectivity index (χ1) is 8.65. The van der Waals surface area contributed by atoms with Crippen molar-refractivity contribution in [1.29, 1.82) is 0 Å². The second kappa shape index (κ2) is 5.16. The molecule has 0 fully saturated rings. The topological polar surface area (TPSA) is 80.4 Å². The molecule has 92 valence electrons. The molecule has 2 rings (SSSR count). The van der Waals surface area contributed by atoms with E-state index < -0.39 is 5.78 Å². The van der Waals surface area contributed by atoms with E-state index in [1.165, 1.54) is 18.7 Å². The molecule has 0 spiro atoms. The van der Waals surface area contributed by atoms with Crippen molar-refractivity contribution < 1.29 is 10.0 Å². The van der Waals surface area contributed by atoms with E-state index in [0.29, 0.717) is 0 Å². The van der Waals surface area contributed by atoms with Crippen LogP contribution in [-0.4, -0.2) is 31.6 Å². The van der Waals surface area contributed by atoms with Crippen LogP contribution < -0.4 is 0 Å². The van der Waals surface area contributed by atoms with Crippen molar-refractivity contribution in [3.8, 4) is 0 Å². The lowest BCUT2D eigenvalue weighted by molar-refractivity contribution is 0.105. The molecular weight excluding hydrogens is 279 g/mol. The molecule has 0 amide bonds. The van der Waals surface area contributed by atoms with Crippen molar-refractivity contribution >= 4 is 34.8 Å². The van der Waals surface area contributed by atoms with E-state index in [9.17, 15) is 4.79 Å². The van der Waals surface area contributed by atoms with Gasteiger partial charge in [0.1, 0.15) is 12.7 Å². The predicted octanol–water partition coefficient (Wildman–Crippen LogP) is 2.10. The molecule has 1 N–H and O–H groups in total. The van der Waals surface area contributed by atoms with Gasteiger partial charge < -0.3 is 5.21 Å². The van der Waals surface area contributed by atoms with Gasteiger partial charge in [-0.1, -0.05) is 34.4 Å². The largest absolute Gasteiger partial charge is 0.409 e. The summed E-state index contributed by atoms with van der Waals surface area (Å²) < 4.78 is 1.03. The van der Waals surface area contributed by atoms with Crippen LogP contribution in [0, 0.1) is 0 Å². The number of Topliss-reactive ketones (excluding diaryl/α,β-unsaturated/α-hetero) is 1. The molecule has 1 aromatic heterocycles. The lowest BCUT2D eigenvalue weighted by atomic mass is 10.1. The molecule has 0 bridgehead atoms. The van der Waals surface area contributed by atoms with Crippen LogP contribution in [0.3, 0.4) is 0 Å². The first-order valence-electron chi connectivity index (χ1n) is 4.71. The van der Waals surface area contributed by atoms with Gasteiger partial charge in [-0.05, 0) is 12.1 Å². The Morgan fingerprint density at radius 2 is 2.17 bits per heavy atom. The highest BCUT2D eigenvalue weighted by Gasteiger charge is 2.21. The van der Waals surface area contributed by atoms with E-state index in [-0.39, 0.29) is 21.4 Å². The summed E-state index contributed by atoms with van der Waals surface area (Å²) in [6.45, 7) is 0. The SMILES string of the molecule is O=C(/C(=N/O)n1cncn1)c1cccc(Cl)c1Cl. The van der Waals surface area contributed by atoms with Gasteiger partial charge in [-0.2, -0.15) is 9.78 Å². The van der Waals surface area contributed by atoms with E-state index in [1.54, 1.807) is 12.1 Å². The number of aromatic nitrogens is 3. The summed E-state index contributed by atoms with van der Waals surface area (Å²) in [5, 5.41) is 15.8. The number of rotatable bonds is 2. The number of halogens is 2. The van der Waals surface area contributed by atoms with Crippen molar-refractivity contribution in [1.82, 2.24) is 14.8 Å². The average molecular weight is 285 g/mol. The maximum atomic E-state index is 12.1. The fraction of sp³-hybridized carbons (Fsp3) is 0. The van der Waals surface area contributed by atoms with Crippen molar-refractivity contribution in [2.24, 2.45) is 5.16 Å². The third-order valence-electron chi connectivity index (χ3n) is 2.13. The molecule has 0 aliphatic heterocycles. The van der Waals surface area contributed by atoms with E-state index in [1.807, 2.05) is 0 Å². The lowest BCUT2D eigenvalue weighted by Gasteiger charge is -2.05. The molecule has 2 aromatic rings. The second-order valence-electron chi connectivity index (χ2n) is 3.19. The van der Waals surface area contributed by atoms with Gasteiger partial charge in [-0.15, -0.1) is 0 Å². The van der Waals surface area contributed by atoms with Crippen LogP contribution >= 0.6 is 23.2 Å². The van der Waals surface area contributed by atoms with Crippen LogP contribution in [0.1, 0.15) is 10.4 Å². The molecule has 8 heteroatoms. The number of hydrogen-bond donors (Lipinski definition) is 1. The van der Waals surface area contributed by atoms with E-state index >= 15 is 0 Å². The minimum absolute atomic E-state index is 0.0884. The number of oxime groups is 1. The molecular formula is C10H6Cl2N4O2. The molecule has 6 nitrogen and oxygen atoms in total. The minimum atomic E-state index is -0.615. The zero-order valence-corrected chi connectivity index (χ0v) is 10.3. The monoisotopic (exact) mass is 284 g/mol. The molecule has 0 atom stereocenters. The van der Waals surface area contributed by atoms with Gasteiger partial charge in [-0.25, -0.2) is 4.98 Å². The van der Waals surface area contributed by atoms with Gasteiger partial charge >= 0.3 is 0 Å². The Balaban J connectivity index is 2.45. The molecule has 0 aliphatic rings. The van der Waals surface area contributed by atoms with Crippen LogP contribution in [0.2, 0.25) is 10.0 Å². The Hall–Kier alpha value is -1.92. The molecule has 0 aliphatic carbocycles. The van der Waals surface area contributed by atoms with Crippen LogP contribution in [-0.2, 0) is 0 Å². The number of benzene rings is 1. The summed E-state index contributed by atoms with van der Waals surface area (Å²) in [5.41, 5.74) is 0.118. The zero-order valence-electron chi connectivity index (χ0n) is 8.79. The van der Waals surface area contributed by atoms with Gasteiger partial charge in [0.25, 0.3) is 0 Å². The Morgan fingerprint density at radius 1 is 1.39 bits per heavy atom. The van der Waals surface area contributed by atoms with Gasteiger partial charge in [0.2, 0.25) is 11.6 Å². The number of hydrogen-bond acceptors (Lipinski definition) is 5. The maximum absolute atomic E-state index is 12.1. The smallest absolute Gasteiger partial charge is 0.242 e. The van der Waals surface area contributed by atoms with Crippen LogP contribution in [0.4, 0.5) is 0 Å². The molecule has 0 saturated heterocycles. The van der Waals surface area contributed by atoms with Crippen LogP contribution in [0.25, 0.3) is 0 Å². The molecule has 0 saturated carbocycles. The van der Waals surface area contributed by atoms with E-state index in [0.717, 1.165) is 4.68 Å². The van der Waals surface area contributed by atoms with Crippen molar-refractivity contribution in [2.75, 3.05) is 0 Å². The fourth-order valence-electron chi connectivity index (χ4n) is 1.31. The number of ketones is 1. The third-order valence-corrected chi connectivity index (χ3v) is 2.95. The van der Waals surface area contributed by atoms with Crippen LogP contribution in [0.15, 0.2) is 36.0 Å². The fourth-order valence-corrected chi connectivity index (χ4v) is 1.70. The molecule has 18 heavy (non-hydrogen) atoms. The Bertz CT molecular complexity index is 610. The second-order valence-corrected chi connectivity index (χ2v) is 3.98. The standard InChI is InChI=1S/C10H6Cl2N4O2/c11-7-3-1-2-6(8(7)12)9(17)10(15-18)16-5-13-4-14-16/h1-5,18H/b15-10-. The molecule has 1 heterocycles. The highest BCUT2D eigenvalue weighted by molar-refractivity contribution is 6.51. The lowest BCUT2D eigenvalue weighted by Crippen LogP contribution is -2.24. The van der Waals surface area contributed by atoms with Crippen molar-refractivity contribution in [3.63, 3.8) is 0 Å². The highest BCUT2D eigenvalue weighted by atomic mass is 35.5. The summed E-state index contributed by atoms with van der Waals surface area (Å²) in [6.07, 6.45) is 2.43. The van der Waals surface area contributed by atoms with Gasteiger partial charge in [0.05, 0.1) is 10.0 Å². The molecule has 0 unspecified atom stereocenters. The molecule has 0 radical (unpaired) electrons. The van der Waals surface area contributed by atoms with Crippen molar-refractivity contribution in [3.05, 3.63) is 46.5 Å². The summed E-state index contributed by atoms with van der Waals surface area (Å²) in [6, 6.07) is 4.59. The van der Waals surface area contributed by atoms with Crippen molar-refractivity contribution in [2.45, 2.75) is 0 Å². The Labute approximate surface area is 111 Å². The van der Waals surface area contributed by atoms with E-state index in [4.69, 9.17) is 28.4 Å². The predicted molar refractivity (Wildman–Crippen MR) is 65.4 cm³/mol. The Morgan fingerprint density at radius 3 is 2.78 bits per heavy atom. The highest BCUT2D eigenvalue weighted by Crippen LogP contribution is 2.26. The van der Waals surface area contributed by atoms with E-state index in [2.05, 4.69) is 15.2 Å². The summed E-state index contributed by atoms with van der Waals surface area (Å²) in [7, 11) is 0. The number of carbonyl (C=O) groups excluding carboxylic acids is 1. The summed E-state index contributed by atoms with van der Waals surface area (Å²) in [5.74, 6) is -0.938. The third kappa shape index (κ3) is 2.20. The summed E-state index contributed by atoms with van der Waals surface area (Å²) >= 11 is 11.7. The number of carbonyl (C=O) groups is 1. The normalized spacial score (nSPS) is 11.6. The first-order valence-corrected chi connectivity index (χ1v) is 5.46. The van der Waals surface area contributed by atoms with Crippen LogP contribution in [0.5, 0.6) is 0 Å². The Kier molecular flexibility index (Phi) is 3.59. The number of nitrogens with zero attached hydrogens (tertiary/aromatic N) is 4. The average Bonchev–Trinajstić information content (AvgIpc) is 2.87. The first kappa shape index (κ1) is 12.5. The maximum Gasteiger partial charge on any atom is 0.242 e. The molecule has 1 aromatic carbocycles. The quantitative estimate of drug-likeness (QED) is 0.301.